The highest BCUT2D eigenvalue weighted by atomic mass is 19.3. The Balaban J connectivity index is 2.04. The minimum atomic E-state index is -1.76. The molecule has 0 unspecified atom stereocenters. The molecule has 0 saturated carbocycles. The van der Waals surface area contributed by atoms with Crippen LogP contribution in [-0.4, -0.2) is 5.97 Å². The molecule has 0 atom stereocenters. The lowest BCUT2D eigenvalue weighted by molar-refractivity contribution is 0.0733. The van der Waals surface area contributed by atoms with E-state index in [4.69, 9.17) is 4.74 Å². The molecule has 0 radical (unpaired) electrons. The molecule has 2 nitrogen and oxygen atoms in total. The van der Waals surface area contributed by atoms with Gasteiger partial charge >= 0.3 is 5.97 Å². The summed E-state index contributed by atoms with van der Waals surface area (Å²) in [5, 5.41) is 0. The number of allylic oxidation sites excluding steroid dienone is 1. The molecule has 0 aliphatic carbocycles. The van der Waals surface area contributed by atoms with Gasteiger partial charge in [-0.2, -0.15) is 8.78 Å². The van der Waals surface area contributed by atoms with Crippen LogP contribution in [0.2, 0.25) is 0 Å². The van der Waals surface area contributed by atoms with Crippen molar-refractivity contribution in [3.63, 3.8) is 0 Å². The predicted molar refractivity (Wildman–Crippen MR) is 76.3 cm³/mol. The number of ether oxygens (including phenoxy) is 1. The van der Waals surface area contributed by atoms with Gasteiger partial charge in [-0.25, -0.2) is 18.0 Å². The van der Waals surface area contributed by atoms with Gasteiger partial charge in [-0.3, -0.25) is 0 Å². The number of halogens is 5. The molecular weight excluding hydrogens is 331 g/mol. The van der Waals surface area contributed by atoms with Gasteiger partial charge in [0.1, 0.15) is 5.75 Å². The Labute approximate surface area is 134 Å². The van der Waals surface area contributed by atoms with E-state index < -0.39 is 35.3 Å². The summed E-state index contributed by atoms with van der Waals surface area (Å²) in [6, 6.07) is 7.00. The second kappa shape index (κ2) is 7.72. The maximum absolute atomic E-state index is 13.1. The average molecular weight is 342 g/mol. The smallest absolute Gasteiger partial charge is 0.343 e. The van der Waals surface area contributed by atoms with Crippen LogP contribution in [0.15, 0.2) is 48.6 Å². The van der Waals surface area contributed by atoms with Crippen LogP contribution in [0, 0.1) is 17.5 Å². The van der Waals surface area contributed by atoms with Crippen LogP contribution in [0.4, 0.5) is 22.0 Å². The van der Waals surface area contributed by atoms with E-state index in [9.17, 15) is 26.7 Å². The van der Waals surface area contributed by atoms with Gasteiger partial charge in [-0.05, 0) is 36.6 Å². The summed E-state index contributed by atoms with van der Waals surface area (Å²) in [5.41, 5.74) is 0.819. The molecular formula is C17H11F5O2. The number of aryl methyl sites for hydroxylation is 1. The monoisotopic (exact) mass is 342 g/mol. The van der Waals surface area contributed by atoms with Crippen molar-refractivity contribution < 1.29 is 31.5 Å². The first-order valence-corrected chi connectivity index (χ1v) is 6.83. The predicted octanol–water partition coefficient (Wildman–Crippen LogP) is 5.04. The highest BCUT2D eigenvalue weighted by Crippen LogP contribution is 2.20. The van der Waals surface area contributed by atoms with E-state index in [-0.39, 0.29) is 12.0 Å². The standard InChI is InChI=1S/C17H11F5O2/c18-13-8-12(9-14(19)16(13)22)24-17(23)11-6-4-10(5-7-11)2-1-3-15(20)21/h3-9H,1-2H2. The number of hydrogen-bond donors (Lipinski definition) is 0. The fourth-order valence-electron chi connectivity index (χ4n) is 1.91. The molecule has 0 aliphatic rings. The SMILES string of the molecule is O=C(Oc1cc(F)c(F)c(F)c1)c1ccc(CCC=C(F)F)cc1. The zero-order valence-electron chi connectivity index (χ0n) is 12.2. The maximum Gasteiger partial charge on any atom is 0.343 e. The number of benzene rings is 2. The first-order valence-electron chi connectivity index (χ1n) is 6.83. The fraction of sp³-hybridized carbons (Fsp3) is 0.118. The van der Waals surface area contributed by atoms with Crippen LogP contribution in [0.5, 0.6) is 5.75 Å². The molecule has 0 saturated heterocycles. The molecule has 0 bridgehead atoms. The van der Waals surface area contributed by atoms with Gasteiger partial charge in [0.2, 0.25) is 0 Å². The summed E-state index contributed by atoms with van der Waals surface area (Å²) in [6.45, 7) is 0. The summed E-state index contributed by atoms with van der Waals surface area (Å²) in [4.78, 5) is 11.9. The maximum atomic E-state index is 13.1. The molecule has 0 aromatic heterocycles. The number of hydrogen-bond acceptors (Lipinski definition) is 2. The van der Waals surface area contributed by atoms with Crippen molar-refractivity contribution in [3.8, 4) is 5.75 Å². The average Bonchev–Trinajstić information content (AvgIpc) is 2.52. The van der Waals surface area contributed by atoms with Gasteiger partial charge in [-0.15, -0.1) is 0 Å². The van der Waals surface area contributed by atoms with Crippen molar-refractivity contribution in [2.24, 2.45) is 0 Å². The van der Waals surface area contributed by atoms with Gasteiger partial charge < -0.3 is 4.74 Å². The molecule has 0 amide bonds. The topological polar surface area (TPSA) is 26.3 Å². The molecule has 0 heterocycles. The molecule has 2 aromatic rings. The molecule has 0 aliphatic heterocycles. The minimum absolute atomic E-state index is 0.0936. The number of rotatable bonds is 5. The summed E-state index contributed by atoms with van der Waals surface area (Å²) in [7, 11) is 0. The molecule has 2 rings (SSSR count). The van der Waals surface area contributed by atoms with Crippen molar-refractivity contribution in [1.29, 1.82) is 0 Å². The number of carbonyl (C=O) groups excluding carboxylic acids is 1. The van der Waals surface area contributed by atoms with Crippen molar-refractivity contribution in [2.75, 3.05) is 0 Å². The molecule has 0 spiro atoms. The van der Waals surface area contributed by atoms with Gasteiger partial charge in [0, 0.05) is 12.1 Å². The molecule has 2 aromatic carbocycles. The third-order valence-electron chi connectivity index (χ3n) is 3.09. The van der Waals surface area contributed by atoms with Crippen LogP contribution in [0.25, 0.3) is 0 Å². The number of carbonyl (C=O) groups is 1. The van der Waals surface area contributed by atoms with E-state index in [1.807, 2.05) is 0 Å². The lowest BCUT2D eigenvalue weighted by atomic mass is 10.1. The Bertz CT molecular complexity index is 742. The molecule has 7 heteroatoms. The quantitative estimate of drug-likeness (QED) is 0.329. The lowest BCUT2D eigenvalue weighted by Crippen LogP contribution is -2.09. The highest BCUT2D eigenvalue weighted by molar-refractivity contribution is 5.91. The largest absolute Gasteiger partial charge is 0.423 e. The Hall–Kier alpha value is -2.70. The molecule has 24 heavy (non-hydrogen) atoms. The van der Waals surface area contributed by atoms with Crippen molar-refractivity contribution in [1.82, 2.24) is 0 Å². The first-order chi connectivity index (χ1) is 11.4. The van der Waals surface area contributed by atoms with Gasteiger partial charge in [0.15, 0.2) is 17.5 Å². The minimum Gasteiger partial charge on any atom is -0.423 e. The Morgan fingerprint density at radius 3 is 2.12 bits per heavy atom. The van der Waals surface area contributed by atoms with Crippen molar-refractivity contribution >= 4 is 5.97 Å². The third kappa shape index (κ3) is 4.65. The molecule has 0 fully saturated rings. The van der Waals surface area contributed by atoms with E-state index in [0.29, 0.717) is 18.6 Å². The highest BCUT2D eigenvalue weighted by Gasteiger charge is 2.14. The fourth-order valence-corrected chi connectivity index (χ4v) is 1.91. The normalized spacial score (nSPS) is 10.4. The summed E-state index contributed by atoms with van der Waals surface area (Å²) in [6.07, 6.45) is -0.449. The lowest BCUT2D eigenvalue weighted by Gasteiger charge is -2.06. The summed E-state index contributed by atoms with van der Waals surface area (Å²) >= 11 is 0. The van der Waals surface area contributed by atoms with Crippen molar-refractivity contribution in [3.05, 3.63) is 77.1 Å². The van der Waals surface area contributed by atoms with Gasteiger partial charge in [0.05, 0.1) is 5.56 Å². The zero-order chi connectivity index (χ0) is 17.7. The zero-order valence-corrected chi connectivity index (χ0v) is 12.2. The molecule has 0 N–H and O–H groups in total. The Morgan fingerprint density at radius 2 is 1.58 bits per heavy atom. The second-order valence-corrected chi connectivity index (χ2v) is 4.82. The van der Waals surface area contributed by atoms with Crippen LogP contribution >= 0.6 is 0 Å². The first kappa shape index (κ1) is 17.7. The van der Waals surface area contributed by atoms with E-state index in [2.05, 4.69) is 0 Å². The summed E-state index contributed by atoms with van der Waals surface area (Å²) in [5.74, 6) is -5.95. The van der Waals surface area contributed by atoms with Crippen LogP contribution in [0.1, 0.15) is 22.3 Å². The Morgan fingerprint density at radius 1 is 1.00 bits per heavy atom. The molecule has 126 valence electrons. The van der Waals surface area contributed by atoms with Crippen LogP contribution in [0.3, 0.4) is 0 Å². The van der Waals surface area contributed by atoms with Crippen LogP contribution in [-0.2, 0) is 6.42 Å². The number of esters is 1. The van der Waals surface area contributed by atoms with E-state index in [0.717, 1.165) is 11.6 Å². The van der Waals surface area contributed by atoms with Gasteiger partial charge in [0.25, 0.3) is 6.08 Å². The Kier molecular flexibility index (Phi) is 5.68. The van der Waals surface area contributed by atoms with E-state index >= 15 is 0 Å². The van der Waals surface area contributed by atoms with E-state index in [1.165, 1.54) is 12.1 Å². The van der Waals surface area contributed by atoms with E-state index in [1.54, 1.807) is 12.1 Å². The van der Waals surface area contributed by atoms with Crippen LogP contribution < -0.4 is 4.74 Å². The third-order valence-corrected chi connectivity index (χ3v) is 3.09. The second-order valence-electron chi connectivity index (χ2n) is 4.82. The summed E-state index contributed by atoms with van der Waals surface area (Å²) < 4.78 is 67.6. The van der Waals surface area contributed by atoms with Crippen molar-refractivity contribution in [2.45, 2.75) is 12.8 Å². The van der Waals surface area contributed by atoms with Gasteiger partial charge in [-0.1, -0.05) is 12.1 Å².